The molecule has 0 radical (unpaired) electrons. The number of H-pyrrole nitrogens is 1. The van der Waals surface area contributed by atoms with Crippen molar-refractivity contribution in [3.8, 4) is 0 Å². The van der Waals surface area contributed by atoms with E-state index in [1.165, 1.54) is 0 Å². The van der Waals surface area contributed by atoms with Crippen molar-refractivity contribution in [1.82, 2.24) is 15.3 Å². The molecule has 1 atom stereocenters. The molecule has 0 saturated carbocycles. The second-order valence-corrected chi connectivity index (χ2v) is 3.95. The Labute approximate surface area is 88.9 Å². The topological polar surface area (TPSA) is 78.0 Å². The zero-order valence-electron chi connectivity index (χ0n) is 9.24. The molecule has 0 fully saturated rings. The number of carbonyl (C=O) groups is 1. The highest BCUT2D eigenvalue weighted by atomic mass is 16.4. The third kappa shape index (κ3) is 3.06. The minimum Gasteiger partial charge on any atom is -0.480 e. The van der Waals surface area contributed by atoms with Crippen LogP contribution in [0.4, 0.5) is 0 Å². The Balaban J connectivity index is 2.78. The molecule has 1 unspecified atom stereocenters. The van der Waals surface area contributed by atoms with Crippen molar-refractivity contribution in [2.24, 2.45) is 5.92 Å². The lowest BCUT2D eigenvalue weighted by Crippen LogP contribution is -2.26. The van der Waals surface area contributed by atoms with E-state index in [0.717, 1.165) is 12.1 Å². The fourth-order valence-corrected chi connectivity index (χ4v) is 1.44. The van der Waals surface area contributed by atoms with Crippen LogP contribution in [-0.4, -0.2) is 28.1 Å². The fraction of sp³-hybridized carbons (Fsp3) is 0.600. The van der Waals surface area contributed by atoms with E-state index < -0.39 is 12.0 Å². The number of rotatable bonds is 5. The molecule has 0 spiro atoms. The molecule has 0 saturated heterocycles. The summed E-state index contributed by atoms with van der Waals surface area (Å²) in [4.78, 5) is 17.9. The summed E-state index contributed by atoms with van der Waals surface area (Å²) in [6.45, 7) is 4.21. The van der Waals surface area contributed by atoms with E-state index in [-0.39, 0.29) is 0 Å². The molecule has 0 aliphatic rings. The van der Waals surface area contributed by atoms with Gasteiger partial charge in [0.1, 0.15) is 5.82 Å². The monoisotopic (exact) mass is 211 g/mol. The van der Waals surface area contributed by atoms with Gasteiger partial charge >= 0.3 is 5.97 Å². The first-order valence-electron chi connectivity index (χ1n) is 4.98. The van der Waals surface area contributed by atoms with Crippen molar-refractivity contribution in [2.45, 2.75) is 26.3 Å². The number of likely N-dealkylation sites (N-methyl/N-ethyl adjacent to an activating group) is 1. The molecule has 1 aromatic rings. The number of aromatic amines is 1. The van der Waals surface area contributed by atoms with Crippen LogP contribution >= 0.6 is 0 Å². The smallest absolute Gasteiger partial charge is 0.328 e. The van der Waals surface area contributed by atoms with E-state index in [9.17, 15) is 4.79 Å². The van der Waals surface area contributed by atoms with Gasteiger partial charge in [-0.15, -0.1) is 0 Å². The second-order valence-electron chi connectivity index (χ2n) is 3.95. The predicted octanol–water partition coefficient (Wildman–Crippen LogP) is 0.953. The van der Waals surface area contributed by atoms with E-state index in [0.29, 0.717) is 11.7 Å². The van der Waals surface area contributed by atoms with Crippen molar-refractivity contribution in [1.29, 1.82) is 0 Å². The Morgan fingerprint density at radius 1 is 1.67 bits per heavy atom. The van der Waals surface area contributed by atoms with E-state index >= 15 is 0 Å². The molecule has 84 valence electrons. The van der Waals surface area contributed by atoms with E-state index in [4.69, 9.17) is 5.11 Å². The maximum Gasteiger partial charge on any atom is 0.328 e. The lowest BCUT2D eigenvalue weighted by molar-refractivity contribution is -0.139. The molecular formula is C10H17N3O2. The van der Waals surface area contributed by atoms with Crippen LogP contribution in [0.2, 0.25) is 0 Å². The molecule has 1 heterocycles. The molecule has 0 aliphatic carbocycles. The summed E-state index contributed by atoms with van der Waals surface area (Å²) in [6.07, 6.45) is 2.58. The summed E-state index contributed by atoms with van der Waals surface area (Å²) >= 11 is 0. The minimum absolute atomic E-state index is 0.459. The van der Waals surface area contributed by atoms with Crippen molar-refractivity contribution < 1.29 is 9.90 Å². The average Bonchev–Trinajstić information content (AvgIpc) is 2.52. The summed E-state index contributed by atoms with van der Waals surface area (Å²) in [5, 5.41) is 11.6. The van der Waals surface area contributed by atoms with Crippen molar-refractivity contribution in [3.05, 3.63) is 17.7 Å². The highest BCUT2D eigenvalue weighted by Gasteiger charge is 2.20. The summed E-state index contributed by atoms with van der Waals surface area (Å²) in [6, 6.07) is -0.758. The molecule has 1 rings (SSSR count). The van der Waals surface area contributed by atoms with Crippen LogP contribution in [0.3, 0.4) is 0 Å². The number of carboxylic acids is 1. The normalized spacial score (nSPS) is 13.1. The molecule has 0 aliphatic heterocycles. The lowest BCUT2D eigenvalue weighted by atomic mass is 10.1. The summed E-state index contributed by atoms with van der Waals surface area (Å²) in [7, 11) is 1.60. The van der Waals surface area contributed by atoms with Crippen LogP contribution in [0.15, 0.2) is 6.20 Å². The van der Waals surface area contributed by atoms with Gasteiger partial charge in [0.2, 0.25) is 0 Å². The number of hydrogen-bond donors (Lipinski definition) is 3. The lowest BCUT2D eigenvalue weighted by Gasteiger charge is -2.07. The van der Waals surface area contributed by atoms with Gasteiger partial charge in [0.25, 0.3) is 0 Å². The van der Waals surface area contributed by atoms with Crippen LogP contribution in [0, 0.1) is 5.92 Å². The molecule has 1 aromatic heterocycles. The van der Waals surface area contributed by atoms with Crippen LogP contribution < -0.4 is 5.32 Å². The zero-order chi connectivity index (χ0) is 11.4. The third-order valence-electron chi connectivity index (χ3n) is 2.09. The number of aromatic nitrogens is 2. The first kappa shape index (κ1) is 11.7. The van der Waals surface area contributed by atoms with Crippen LogP contribution in [0.1, 0.15) is 31.4 Å². The molecule has 5 nitrogen and oxygen atoms in total. The van der Waals surface area contributed by atoms with E-state index in [2.05, 4.69) is 29.1 Å². The fourth-order valence-electron chi connectivity index (χ4n) is 1.44. The number of imidazole rings is 1. The van der Waals surface area contributed by atoms with Gasteiger partial charge in [0.05, 0.1) is 0 Å². The van der Waals surface area contributed by atoms with Gasteiger partial charge in [0.15, 0.2) is 6.04 Å². The Hall–Kier alpha value is -1.36. The van der Waals surface area contributed by atoms with Crippen LogP contribution in [0.25, 0.3) is 0 Å². The largest absolute Gasteiger partial charge is 0.480 e. The molecule has 3 N–H and O–H groups in total. The minimum atomic E-state index is -0.928. The standard InChI is InChI=1S/C10H17N3O2/c1-6(2)4-7-5-12-9(13-7)8(11-3)10(14)15/h5-6,8,11H,4H2,1-3H3,(H,12,13)(H,14,15). The Kier molecular flexibility index (Phi) is 3.85. The first-order chi connectivity index (χ1) is 7.04. The molecular weight excluding hydrogens is 194 g/mol. The SMILES string of the molecule is CNC(C(=O)O)c1ncc(CC(C)C)[nH]1. The maximum absolute atomic E-state index is 10.8. The quantitative estimate of drug-likeness (QED) is 0.677. The van der Waals surface area contributed by atoms with Gasteiger partial charge in [-0.25, -0.2) is 4.98 Å². The van der Waals surface area contributed by atoms with Gasteiger partial charge in [-0.2, -0.15) is 0 Å². The highest BCUT2D eigenvalue weighted by molar-refractivity contribution is 5.74. The molecule has 0 amide bonds. The Morgan fingerprint density at radius 2 is 2.33 bits per heavy atom. The van der Waals surface area contributed by atoms with Gasteiger partial charge in [-0.05, 0) is 19.4 Å². The Bertz CT molecular complexity index is 333. The van der Waals surface area contributed by atoms with Gasteiger partial charge in [-0.1, -0.05) is 13.8 Å². The number of hydrogen-bond acceptors (Lipinski definition) is 3. The Morgan fingerprint density at radius 3 is 2.80 bits per heavy atom. The summed E-state index contributed by atoms with van der Waals surface area (Å²) in [5.74, 6) is 0.0553. The third-order valence-corrected chi connectivity index (χ3v) is 2.09. The van der Waals surface area contributed by atoms with Gasteiger partial charge in [-0.3, -0.25) is 4.79 Å². The molecule has 0 aromatic carbocycles. The van der Waals surface area contributed by atoms with E-state index in [1.54, 1.807) is 13.2 Å². The van der Waals surface area contributed by atoms with Crippen molar-refractivity contribution >= 4 is 5.97 Å². The predicted molar refractivity (Wildman–Crippen MR) is 56.6 cm³/mol. The summed E-state index contributed by atoms with van der Waals surface area (Å²) < 4.78 is 0. The highest BCUT2D eigenvalue weighted by Crippen LogP contribution is 2.11. The van der Waals surface area contributed by atoms with Crippen LogP contribution in [-0.2, 0) is 11.2 Å². The number of aliphatic carboxylic acids is 1. The van der Waals surface area contributed by atoms with Crippen molar-refractivity contribution in [2.75, 3.05) is 7.05 Å². The van der Waals surface area contributed by atoms with E-state index in [1.807, 2.05) is 0 Å². The summed E-state index contributed by atoms with van der Waals surface area (Å²) in [5.41, 5.74) is 0.974. The van der Waals surface area contributed by atoms with Crippen molar-refractivity contribution in [3.63, 3.8) is 0 Å². The van der Waals surface area contributed by atoms with Gasteiger partial charge < -0.3 is 15.4 Å². The first-order valence-corrected chi connectivity index (χ1v) is 4.98. The molecule has 5 heteroatoms. The maximum atomic E-state index is 10.8. The number of nitrogens with zero attached hydrogens (tertiary/aromatic N) is 1. The number of carboxylic acid groups (broad SMARTS) is 1. The average molecular weight is 211 g/mol. The molecule has 15 heavy (non-hydrogen) atoms. The second kappa shape index (κ2) is 4.93. The van der Waals surface area contributed by atoms with Gasteiger partial charge in [0, 0.05) is 11.9 Å². The zero-order valence-corrected chi connectivity index (χ0v) is 9.24. The van der Waals surface area contributed by atoms with Crippen LogP contribution in [0.5, 0.6) is 0 Å². The molecule has 0 bridgehead atoms. The number of nitrogens with one attached hydrogen (secondary N) is 2.